The SMILES string of the molecule is CC[C@](C)(CO)NC(=O)[C@H]1C[C@@H]1c1ccccc1Cl. The molecule has 0 aliphatic heterocycles. The van der Waals surface area contributed by atoms with Crippen LogP contribution in [0.1, 0.15) is 38.2 Å². The van der Waals surface area contributed by atoms with Crippen molar-refractivity contribution in [3.8, 4) is 0 Å². The van der Waals surface area contributed by atoms with E-state index in [-0.39, 0.29) is 24.3 Å². The van der Waals surface area contributed by atoms with Gasteiger partial charge in [-0.25, -0.2) is 0 Å². The first-order valence-electron chi connectivity index (χ1n) is 6.68. The average Bonchev–Trinajstić information content (AvgIpc) is 3.19. The van der Waals surface area contributed by atoms with E-state index in [9.17, 15) is 9.90 Å². The fourth-order valence-corrected chi connectivity index (χ4v) is 2.51. The Morgan fingerprint density at radius 3 is 2.79 bits per heavy atom. The fourth-order valence-electron chi connectivity index (χ4n) is 2.23. The molecule has 0 radical (unpaired) electrons. The summed E-state index contributed by atoms with van der Waals surface area (Å²) < 4.78 is 0. The topological polar surface area (TPSA) is 49.3 Å². The van der Waals surface area contributed by atoms with Crippen molar-refractivity contribution in [2.75, 3.05) is 6.61 Å². The van der Waals surface area contributed by atoms with Crippen LogP contribution in [0.4, 0.5) is 0 Å². The second kappa shape index (κ2) is 5.51. The van der Waals surface area contributed by atoms with Crippen LogP contribution in [0.25, 0.3) is 0 Å². The van der Waals surface area contributed by atoms with Gasteiger partial charge < -0.3 is 10.4 Å². The third-order valence-corrected chi connectivity index (χ3v) is 4.33. The highest BCUT2D eigenvalue weighted by Gasteiger charge is 2.46. The number of benzene rings is 1. The standard InChI is InChI=1S/C15H20ClNO2/c1-3-15(2,9-18)17-14(19)12-8-11(12)10-6-4-5-7-13(10)16/h4-7,11-12,18H,3,8-9H2,1-2H3,(H,17,19)/t11-,12+,15-/m1/s1. The fraction of sp³-hybridized carbons (Fsp3) is 0.533. The highest BCUT2D eigenvalue weighted by Crippen LogP contribution is 2.49. The number of amides is 1. The van der Waals surface area contributed by atoms with Crippen molar-refractivity contribution >= 4 is 17.5 Å². The van der Waals surface area contributed by atoms with Crippen molar-refractivity contribution in [2.45, 2.75) is 38.1 Å². The Labute approximate surface area is 119 Å². The zero-order chi connectivity index (χ0) is 14.0. The third-order valence-electron chi connectivity index (χ3n) is 3.99. The molecule has 2 N–H and O–H groups in total. The van der Waals surface area contributed by atoms with E-state index in [2.05, 4.69) is 5.32 Å². The number of rotatable bonds is 5. The summed E-state index contributed by atoms with van der Waals surface area (Å²) in [4.78, 5) is 12.2. The van der Waals surface area contributed by atoms with E-state index in [1.54, 1.807) is 0 Å². The molecule has 4 heteroatoms. The maximum Gasteiger partial charge on any atom is 0.224 e. The number of carbonyl (C=O) groups excluding carboxylic acids is 1. The Bertz CT molecular complexity index is 471. The van der Waals surface area contributed by atoms with Crippen molar-refractivity contribution in [1.82, 2.24) is 5.32 Å². The van der Waals surface area contributed by atoms with Gasteiger partial charge in [0.25, 0.3) is 0 Å². The Kier molecular flexibility index (Phi) is 4.16. The van der Waals surface area contributed by atoms with Crippen molar-refractivity contribution in [3.05, 3.63) is 34.9 Å². The normalized spacial score (nSPS) is 24.6. The summed E-state index contributed by atoms with van der Waals surface area (Å²) >= 11 is 6.15. The lowest BCUT2D eigenvalue weighted by atomic mass is 9.99. The first kappa shape index (κ1) is 14.4. The quantitative estimate of drug-likeness (QED) is 0.872. The number of hydrogen-bond donors (Lipinski definition) is 2. The van der Waals surface area contributed by atoms with E-state index in [1.165, 1.54) is 0 Å². The van der Waals surface area contributed by atoms with Gasteiger partial charge in [0.2, 0.25) is 5.91 Å². The summed E-state index contributed by atoms with van der Waals surface area (Å²) in [5, 5.41) is 13.0. The van der Waals surface area contributed by atoms with Gasteiger partial charge in [-0.05, 0) is 37.3 Å². The largest absolute Gasteiger partial charge is 0.394 e. The van der Waals surface area contributed by atoms with E-state index in [0.717, 1.165) is 17.0 Å². The number of aliphatic hydroxyl groups excluding tert-OH is 1. The molecular formula is C15H20ClNO2. The molecule has 2 rings (SSSR count). The van der Waals surface area contributed by atoms with Crippen LogP contribution in [-0.4, -0.2) is 23.2 Å². The highest BCUT2D eigenvalue weighted by atomic mass is 35.5. The molecule has 0 unspecified atom stereocenters. The van der Waals surface area contributed by atoms with Gasteiger partial charge >= 0.3 is 0 Å². The molecule has 0 heterocycles. The zero-order valence-electron chi connectivity index (χ0n) is 11.3. The first-order valence-corrected chi connectivity index (χ1v) is 7.06. The third kappa shape index (κ3) is 3.10. The summed E-state index contributed by atoms with van der Waals surface area (Å²) in [7, 11) is 0. The molecule has 0 bridgehead atoms. The minimum Gasteiger partial charge on any atom is -0.394 e. The summed E-state index contributed by atoms with van der Waals surface area (Å²) in [5.74, 6) is 0.217. The molecule has 1 aliphatic rings. The van der Waals surface area contributed by atoms with Crippen LogP contribution in [0.5, 0.6) is 0 Å². The maximum atomic E-state index is 12.2. The van der Waals surface area contributed by atoms with E-state index < -0.39 is 5.54 Å². The molecule has 1 aromatic rings. The number of nitrogens with one attached hydrogen (secondary N) is 1. The molecule has 0 saturated heterocycles. The highest BCUT2D eigenvalue weighted by molar-refractivity contribution is 6.31. The Balaban J connectivity index is 2.00. The van der Waals surface area contributed by atoms with Gasteiger partial charge in [0.15, 0.2) is 0 Å². The summed E-state index contributed by atoms with van der Waals surface area (Å²) in [6, 6.07) is 7.67. The number of aliphatic hydroxyl groups is 1. The van der Waals surface area contributed by atoms with Crippen molar-refractivity contribution in [2.24, 2.45) is 5.92 Å². The van der Waals surface area contributed by atoms with Crippen LogP contribution >= 0.6 is 11.6 Å². The van der Waals surface area contributed by atoms with Gasteiger partial charge in [-0.3, -0.25) is 4.79 Å². The van der Waals surface area contributed by atoms with Crippen LogP contribution in [0.2, 0.25) is 5.02 Å². The molecular weight excluding hydrogens is 262 g/mol. The predicted octanol–water partition coefficient (Wildman–Crippen LogP) is 2.72. The van der Waals surface area contributed by atoms with E-state index >= 15 is 0 Å². The van der Waals surface area contributed by atoms with Crippen LogP contribution in [0.15, 0.2) is 24.3 Å². The van der Waals surface area contributed by atoms with E-state index in [1.807, 2.05) is 38.1 Å². The van der Waals surface area contributed by atoms with Crippen LogP contribution in [-0.2, 0) is 4.79 Å². The number of carbonyl (C=O) groups is 1. The lowest BCUT2D eigenvalue weighted by Crippen LogP contribution is -2.49. The lowest BCUT2D eigenvalue weighted by Gasteiger charge is -2.27. The van der Waals surface area contributed by atoms with E-state index in [4.69, 9.17) is 11.6 Å². The van der Waals surface area contributed by atoms with Crippen molar-refractivity contribution < 1.29 is 9.90 Å². The molecule has 3 nitrogen and oxygen atoms in total. The van der Waals surface area contributed by atoms with Crippen LogP contribution < -0.4 is 5.32 Å². The lowest BCUT2D eigenvalue weighted by molar-refractivity contribution is -0.124. The van der Waals surface area contributed by atoms with Crippen LogP contribution in [0, 0.1) is 5.92 Å². The molecule has 104 valence electrons. The molecule has 1 fully saturated rings. The van der Waals surface area contributed by atoms with Gasteiger partial charge in [0, 0.05) is 10.9 Å². The molecule has 1 aromatic carbocycles. The summed E-state index contributed by atoms with van der Waals surface area (Å²) in [6.07, 6.45) is 1.54. The van der Waals surface area contributed by atoms with E-state index in [0.29, 0.717) is 6.42 Å². The second-order valence-electron chi connectivity index (χ2n) is 5.53. The molecule has 1 saturated carbocycles. The van der Waals surface area contributed by atoms with Gasteiger partial charge in [0.05, 0.1) is 12.1 Å². The van der Waals surface area contributed by atoms with Gasteiger partial charge in [-0.15, -0.1) is 0 Å². The second-order valence-corrected chi connectivity index (χ2v) is 5.94. The van der Waals surface area contributed by atoms with Gasteiger partial charge in [-0.1, -0.05) is 36.7 Å². The summed E-state index contributed by atoms with van der Waals surface area (Å²) in [5.41, 5.74) is 0.525. The average molecular weight is 282 g/mol. The Morgan fingerprint density at radius 1 is 1.53 bits per heavy atom. The smallest absolute Gasteiger partial charge is 0.224 e. The number of halogens is 1. The predicted molar refractivity (Wildman–Crippen MR) is 76.2 cm³/mol. The molecule has 0 aromatic heterocycles. The van der Waals surface area contributed by atoms with Crippen molar-refractivity contribution in [3.63, 3.8) is 0 Å². The van der Waals surface area contributed by atoms with Gasteiger partial charge in [0.1, 0.15) is 0 Å². The van der Waals surface area contributed by atoms with Crippen molar-refractivity contribution in [1.29, 1.82) is 0 Å². The minimum absolute atomic E-state index is 0.0164. The molecule has 1 amide bonds. The molecule has 19 heavy (non-hydrogen) atoms. The zero-order valence-corrected chi connectivity index (χ0v) is 12.1. The molecule has 1 aliphatic carbocycles. The molecule has 0 spiro atoms. The Morgan fingerprint density at radius 2 is 2.21 bits per heavy atom. The van der Waals surface area contributed by atoms with Crippen LogP contribution in [0.3, 0.4) is 0 Å². The monoisotopic (exact) mass is 281 g/mol. The maximum absolute atomic E-state index is 12.2. The minimum atomic E-state index is -0.523. The van der Waals surface area contributed by atoms with Gasteiger partial charge in [-0.2, -0.15) is 0 Å². The molecule has 3 atom stereocenters. The first-order chi connectivity index (χ1) is 9.00. The number of hydrogen-bond acceptors (Lipinski definition) is 2. The summed E-state index contributed by atoms with van der Waals surface area (Å²) in [6.45, 7) is 3.77. The Hall–Kier alpha value is -1.06.